The fourth-order valence-corrected chi connectivity index (χ4v) is 3.34. The van der Waals surface area contributed by atoms with Crippen molar-refractivity contribution in [3.05, 3.63) is 65.3 Å². The van der Waals surface area contributed by atoms with Gasteiger partial charge in [-0.3, -0.25) is 14.7 Å². The van der Waals surface area contributed by atoms with Crippen LogP contribution >= 0.6 is 0 Å². The number of hydrogen-bond acceptors (Lipinski definition) is 6. The number of amides is 1. The Labute approximate surface area is 157 Å². The number of aryl methyl sites for hydroxylation is 1. The zero-order valence-electron chi connectivity index (χ0n) is 15.4. The normalized spacial score (nSPS) is 16.9. The zero-order valence-corrected chi connectivity index (χ0v) is 15.4. The Kier molecular flexibility index (Phi) is 4.72. The van der Waals surface area contributed by atoms with E-state index in [4.69, 9.17) is 4.52 Å². The molecule has 0 aromatic carbocycles. The minimum Gasteiger partial charge on any atom is -0.361 e. The molecule has 27 heavy (non-hydrogen) atoms. The first kappa shape index (κ1) is 17.4. The second-order valence-electron chi connectivity index (χ2n) is 6.80. The minimum absolute atomic E-state index is 0.0932. The van der Waals surface area contributed by atoms with Crippen molar-refractivity contribution in [3.8, 4) is 0 Å². The van der Waals surface area contributed by atoms with Crippen molar-refractivity contribution in [1.82, 2.24) is 29.9 Å². The van der Waals surface area contributed by atoms with Crippen molar-refractivity contribution in [2.45, 2.75) is 39.5 Å². The summed E-state index contributed by atoms with van der Waals surface area (Å²) in [5, 5.41) is 6.98. The summed E-state index contributed by atoms with van der Waals surface area (Å²) in [7, 11) is 0. The molecule has 1 aliphatic rings. The van der Waals surface area contributed by atoms with Crippen molar-refractivity contribution < 1.29 is 9.32 Å². The maximum absolute atomic E-state index is 12.5. The first-order valence-electron chi connectivity index (χ1n) is 9.00. The maximum Gasteiger partial charge on any atom is 0.271 e. The number of aromatic nitrogens is 4. The lowest BCUT2D eigenvalue weighted by molar-refractivity contribution is 0.0946. The molecule has 0 saturated heterocycles. The third kappa shape index (κ3) is 3.75. The molecule has 0 bridgehead atoms. The number of carbonyl (C=O) groups is 1. The van der Waals surface area contributed by atoms with Gasteiger partial charge in [0.2, 0.25) is 0 Å². The highest BCUT2D eigenvalue weighted by atomic mass is 16.5. The summed E-state index contributed by atoms with van der Waals surface area (Å²) >= 11 is 0. The van der Waals surface area contributed by atoms with Gasteiger partial charge in [0.25, 0.3) is 5.91 Å². The van der Waals surface area contributed by atoms with Gasteiger partial charge in [-0.1, -0.05) is 11.2 Å². The Balaban J connectivity index is 1.43. The largest absolute Gasteiger partial charge is 0.361 e. The highest BCUT2D eigenvalue weighted by Crippen LogP contribution is 2.26. The van der Waals surface area contributed by atoms with Crippen LogP contribution in [0.1, 0.15) is 46.3 Å². The third-order valence-corrected chi connectivity index (χ3v) is 4.81. The monoisotopic (exact) mass is 366 g/mol. The van der Waals surface area contributed by atoms with E-state index in [1.807, 2.05) is 31.3 Å². The van der Waals surface area contributed by atoms with Gasteiger partial charge in [0.15, 0.2) is 0 Å². The molecule has 0 radical (unpaired) electrons. The van der Waals surface area contributed by atoms with Crippen LogP contribution in [0.25, 0.3) is 0 Å². The van der Waals surface area contributed by atoms with Crippen molar-refractivity contribution in [2.24, 2.45) is 0 Å². The lowest BCUT2D eigenvalue weighted by Gasteiger charge is -2.32. The fourth-order valence-electron chi connectivity index (χ4n) is 3.34. The van der Waals surface area contributed by atoms with Gasteiger partial charge in [-0.15, -0.1) is 0 Å². The van der Waals surface area contributed by atoms with Crippen LogP contribution in [-0.4, -0.2) is 37.0 Å². The van der Waals surface area contributed by atoms with Crippen LogP contribution in [0, 0.1) is 6.92 Å². The SMILES string of the molecule is Cc1cc(CN2CCn3cc(C(=O)NCc4cccnc4)nc3[C@H]2C)no1. The van der Waals surface area contributed by atoms with E-state index in [-0.39, 0.29) is 11.9 Å². The quantitative estimate of drug-likeness (QED) is 0.744. The molecule has 1 atom stereocenters. The van der Waals surface area contributed by atoms with E-state index in [2.05, 4.69) is 36.8 Å². The molecule has 0 saturated carbocycles. The second-order valence-corrected chi connectivity index (χ2v) is 6.80. The van der Waals surface area contributed by atoms with E-state index in [0.717, 1.165) is 35.9 Å². The van der Waals surface area contributed by atoms with Gasteiger partial charge in [0.1, 0.15) is 17.3 Å². The van der Waals surface area contributed by atoms with Gasteiger partial charge in [-0.25, -0.2) is 4.98 Å². The van der Waals surface area contributed by atoms with Crippen molar-refractivity contribution in [3.63, 3.8) is 0 Å². The van der Waals surface area contributed by atoms with Gasteiger partial charge >= 0.3 is 0 Å². The van der Waals surface area contributed by atoms with Crippen LogP contribution in [-0.2, 0) is 19.6 Å². The Morgan fingerprint density at radius 2 is 2.30 bits per heavy atom. The topological polar surface area (TPSA) is 89.1 Å². The smallest absolute Gasteiger partial charge is 0.271 e. The average molecular weight is 366 g/mol. The number of fused-ring (bicyclic) bond motifs is 1. The number of rotatable bonds is 5. The molecule has 0 unspecified atom stereocenters. The molecule has 0 spiro atoms. The predicted octanol–water partition coefficient (Wildman–Crippen LogP) is 2.08. The van der Waals surface area contributed by atoms with Gasteiger partial charge in [-0.05, 0) is 25.5 Å². The molecule has 140 valence electrons. The summed E-state index contributed by atoms with van der Waals surface area (Å²) in [6, 6.07) is 5.82. The molecule has 0 aliphatic carbocycles. The van der Waals surface area contributed by atoms with E-state index < -0.39 is 0 Å². The number of hydrogen-bond donors (Lipinski definition) is 1. The molecule has 0 fully saturated rings. The number of nitrogens with one attached hydrogen (secondary N) is 1. The van der Waals surface area contributed by atoms with Crippen LogP contribution < -0.4 is 5.32 Å². The summed E-state index contributed by atoms with van der Waals surface area (Å²) in [6.45, 7) is 6.78. The first-order valence-corrected chi connectivity index (χ1v) is 9.00. The lowest BCUT2D eigenvalue weighted by Crippen LogP contribution is -2.36. The van der Waals surface area contributed by atoms with E-state index in [0.29, 0.717) is 18.8 Å². The van der Waals surface area contributed by atoms with E-state index >= 15 is 0 Å². The number of pyridine rings is 1. The predicted molar refractivity (Wildman–Crippen MR) is 97.7 cm³/mol. The van der Waals surface area contributed by atoms with Crippen LogP contribution in [0.15, 0.2) is 41.3 Å². The van der Waals surface area contributed by atoms with E-state index in [9.17, 15) is 4.79 Å². The Morgan fingerprint density at radius 3 is 3.04 bits per heavy atom. The standard InChI is InChI=1S/C19H22N6O2/c1-13-8-16(23-27-13)11-24-6-7-25-12-17(22-18(25)14(24)2)19(26)21-10-15-4-3-5-20-9-15/h3-5,8-9,12,14H,6-7,10-11H2,1-2H3,(H,21,26)/t14-/m1/s1. The number of carbonyl (C=O) groups excluding carboxylic acids is 1. The van der Waals surface area contributed by atoms with Gasteiger partial charge < -0.3 is 14.4 Å². The van der Waals surface area contributed by atoms with E-state index in [1.165, 1.54) is 0 Å². The highest BCUT2D eigenvalue weighted by molar-refractivity contribution is 5.92. The lowest BCUT2D eigenvalue weighted by atomic mass is 10.2. The molecular weight excluding hydrogens is 344 g/mol. The van der Waals surface area contributed by atoms with Crippen LogP contribution in [0.4, 0.5) is 0 Å². The summed E-state index contributed by atoms with van der Waals surface area (Å²) in [5.41, 5.74) is 2.31. The molecule has 4 heterocycles. The minimum atomic E-state index is -0.174. The molecule has 4 rings (SSSR count). The third-order valence-electron chi connectivity index (χ3n) is 4.81. The fraction of sp³-hybridized carbons (Fsp3) is 0.368. The first-order chi connectivity index (χ1) is 13.1. The van der Waals surface area contributed by atoms with Crippen molar-refractivity contribution in [1.29, 1.82) is 0 Å². The van der Waals surface area contributed by atoms with Gasteiger partial charge in [-0.2, -0.15) is 0 Å². The molecule has 3 aromatic rings. The Morgan fingerprint density at radius 1 is 1.41 bits per heavy atom. The van der Waals surface area contributed by atoms with Gasteiger partial charge in [0.05, 0.1) is 11.7 Å². The zero-order chi connectivity index (χ0) is 18.8. The average Bonchev–Trinajstić information content (AvgIpc) is 3.29. The van der Waals surface area contributed by atoms with Crippen molar-refractivity contribution >= 4 is 5.91 Å². The second kappa shape index (κ2) is 7.32. The molecule has 3 aromatic heterocycles. The number of nitrogens with zero attached hydrogens (tertiary/aromatic N) is 5. The number of imidazole rings is 1. The van der Waals surface area contributed by atoms with Crippen molar-refractivity contribution in [2.75, 3.05) is 6.54 Å². The molecule has 8 heteroatoms. The molecule has 1 N–H and O–H groups in total. The summed E-state index contributed by atoms with van der Waals surface area (Å²) in [6.07, 6.45) is 5.29. The maximum atomic E-state index is 12.5. The molecule has 8 nitrogen and oxygen atoms in total. The van der Waals surface area contributed by atoms with Crippen LogP contribution in [0.2, 0.25) is 0 Å². The highest BCUT2D eigenvalue weighted by Gasteiger charge is 2.28. The Hall–Kier alpha value is -3.00. The van der Waals surface area contributed by atoms with E-state index in [1.54, 1.807) is 12.4 Å². The van der Waals surface area contributed by atoms with Gasteiger partial charge in [0, 0.05) is 50.8 Å². The molecule has 1 amide bonds. The van der Waals surface area contributed by atoms with Crippen LogP contribution in [0.5, 0.6) is 0 Å². The summed E-state index contributed by atoms with van der Waals surface area (Å²) < 4.78 is 7.22. The Bertz CT molecular complexity index is 933. The molecule has 1 aliphatic heterocycles. The van der Waals surface area contributed by atoms with Crippen LogP contribution in [0.3, 0.4) is 0 Å². The summed E-state index contributed by atoms with van der Waals surface area (Å²) in [5.74, 6) is 1.53. The molecular formula is C19H22N6O2. The summed E-state index contributed by atoms with van der Waals surface area (Å²) in [4.78, 5) is 23.4.